The van der Waals surface area contributed by atoms with Crippen LogP contribution >= 0.6 is 0 Å². The molecule has 4 rings (SSSR count). The SMILES string of the molecule is Cc1cccnc1NCC1C(c2ccc(S(N)(=O)=O)cc2)C12CCCC2. The van der Waals surface area contributed by atoms with Gasteiger partial charge in [0.25, 0.3) is 0 Å². The Morgan fingerprint density at radius 3 is 2.50 bits per heavy atom. The van der Waals surface area contributed by atoms with Crippen LogP contribution in [0, 0.1) is 18.3 Å². The molecular weight excluding hydrogens is 346 g/mol. The Kier molecular flexibility index (Phi) is 4.28. The number of nitrogens with two attached hydrogens (primary N) is 1. The first-order valence-corrected chi connectivity index (χ1v) is 10.7. The van der Waals surface area contributed by atoms with E-state index in [1.807, 2.05) is 24.4 Å². The van der Waals surface area contributed by atoms with Crippen LogP contribution in [0.4, 0.5) is 5.82 Å². The molecule has 1 spiro atoms. The highest BCUT2D eigenvalue weighted by molar-refractivity contribution is 7.89. The highest BCUT2D eigenvalue weighted by atomic mass is 32.2. The van der Waals surface area contributed by atoms with E-state index in [1.54, 1.807) is 12.1 Å². The number of sulfonamides is 1. The Hall–Kier alpha value is -1.92. The van der Waals surface area contributed by atoms with Crippen molar-refractivity contribution in [3.05, 3.63) is 53.7 Å². The summed E-state index contributed by atoms with van der Waals surface area (Å²) in [4.78, 5) is 4.62. The smallest absolute Gasteiger partial charge is 0.238 e. The molecule has 2 unspecified atom stereocenters. The van der Waals surface area contributed by atoms with E-state index in [1.165, 1.54) is 31.2 Å². The molecule has 1 heterocycles. The Labute approximate surface area is 155 Å². The van der Waals surface area contributed by atoms with Gasteiger partial charge < -0.3 is 5.32 Å². The summed E-state index contributed by atoms with van der Waals surface area (Å²) in [6.07, 6.45) is 6.89. The van der Waals surface area contributed by atoms with Crippen LogP contribution in [-0.4, -0.2) is 19.9 Å². The minimum Gasteiger partial charge on any atom is -0.370 e. The fraction of sp³-hybridized carbons (Fsp3) is 0.450. The van der Waals surface area contributed by atoms with Crippen molar-refractivity contribution in [2.75, 3.05) is 11.9 Å². The summed E-state index contributed by atoms with van der Waals surface area (Å²) in [7, 11) is -3.64. The number of nitrogens with zero attached hydrogens (tertiary/aromatic N) is 1. The number of rotatable bonds is 5. The molecule has 0 radical (unpaired) electrons. The summed E-state index contributed by atoms with van der Waals surface area (Å²) >= 11 is 0. The molecule has 2 atom stereocenters. The molecule has 138 valence electrons. The molecule has 2 aliphatic carbocycles. The van der Waals surface area contributed by atoms with Gasteiger partial charge in [0.05, 0.1) is 4.90 Å². The number of anilines is 1. The van der Waals surface area contributed by atoms with Crippen LogP contribution in [-0.2, 0) is 10.0 Å². The van der Waals surface area contributed by atoms with E-state index in [0.717, 1.165) is 17.9 Å². The normalized spacial score (nSPS) is 23.9. The quantitative estimate of drug-likeness (QED) is 0.843. The van der Waals surface area contributed by atoms with Gasteiger partial charge in [0.1, 0.15) is 5.82 Å². The van der Waals surface area contributed by atoms with Crippen LogP contribution < -0.4 is 10.5 Å². The number of primary sulfonamides is 1. The minimum absolute atomic E-state index is 0.182. The summed E-state index contributed by atoms with van der Waals surface area (Å²) < 4.78 is 23.0. The molecule has 0 saturated heterocycles. The van der Waals surface area contributed by atoms with Gasteiger partial charge >= 0.3 is 0 Å². The molecule has 0 bridgehead atoms. The zero-order chi connectivity index (χ0) is 18.4. The Bertz CT molecular complexity index is 903. The zero-order valence-corrected chi connectivity index (χ0v) is 15.8. The molecule has 1 aromatic heterocycles. The lowest BCUT2D eigenvalue weighted by Crippen LogP contribution is -2.12. The average Bonchev–Trinajstić information content (AvgIpc) is 2.95. The molecule has 1 aromatic carbocycles. The number of nitrogens with one attached hydrogen (secondary N) is 1. The second kappa shape index (κ2) is 6.35. The number of hydrogen-bond acceptors (Lipinski definition) is 4. The van der Waals surface area contributed by atoms with Crippen molar-refractivity contribution in [2.24, 2.45) is 16.5 Å². The predicted octanol–water partition coefficient (Wildman–Crippen LogP) is 3.42. The van der Waals surface area contributed by atoms with Gasteiger partial charge in [-0.25, -0.2) is 18.5 Å². The van der Waals surface area contributed by atoms with Crippen molar-refractivity contribution in [3.8, 4) is 0 Å². The fourth-order valence-corrected chi connectivity index (χ4v) is 5.44. The highest BCUT2D eigenvalue weighted by Crippen LogP contribution is 2.72. The van der Waals surface area contributed by atoms with E-state index in [-0.39, 0.29) is 4.90 Å². The lowest BCUT2D eigenvalue weighted by atomic mass is 9.97. The van der Waals surface area contributed by atoms with E-state index in [2.05, 4.69) is 23.3 Å². The Morgan fingerprint density at radius 1 is 1.19 bits per heavy atom. The maximum atomic E-state index is 11.5. The first-order valence-electron chi connectivity index (χ1n) is 9.20. The van der Waals surface area contributed by atoms with Gasteiger partial charge in [0.15, 0.2) is 0 Å². The van der Waals surface area contributed by atoms with Crippen molar-refractivity contribution in [3.63, 3.8) is 0 Å². The van der Waals surface area contributed by atoms with Crippen LogP contribution in [0.5, 0.6) is 0 Å². The molecule has 6 heteroatoms. The molecule has 2 saturated carbocycles. The van der Waals surface area contributed by atoms with Gasteiger partial charge in [-0.15, -0.1) is 0 Å². The monoisotopic (exact) mass is 371 g/mol. The first-order chi connectivity index (χ1) is 12.4. The van der Waals surface area contributed by atoms with Gasteiger partial charge in [0, 0.05) is 12.7 Å². The molecule has 0 aliphatic heterocycles. The summed E-state index contributed by atoms with van der Waals surface area (Å²) in [5, 5.41) is 8.76. The Balaban J connectivity index is 1.54. The van der Waals surface area contributed by atoms with Gasteiger partial charge in [0.2, 0.25) is 10.0 Å². The average molecular weight is 372 g/mol. The zero-order valence-electron chi connectivity index (χ0n) is 15.0. The number of hydrogen-bond donors (Lipinski definition) is 2. The van der Waals surface area contributed by atoms with Crippen molar-refractivity contribution in [2.45, 2.75) is 43.4 Å². The van der Waals surface area contributed by atoms with E-state index in [9.17, 15) is 8.42 Å². The first kappa shape index (κ1) is 17.5. The molecule has 2 fully saturated rings. The topological polar surface area (TPSA) is 85.1 Å². The largest absolute Gasteiger partial charge is 0.370 e. The summed E-state index contributed by atoms with van der Waals surface area (Å²) in [6, 6.07) is 11.2. The predicted molar refractivity (Wildman–Crippen MR) is 102 cm³/mol. The number of aromatic nitrogens is 1. The second-order valence-electron chi connectivity index (χ2n) is 7.69. The minimum atomic E-state index is -3.64. The summed E-state index contributed by atoms with van der Waals surface area (Å²) in [5.74, 6) is 2.00. The van der Waals surface area contributed by atoms with Gasteiger partial charge in [-0.3, -0.25) is 0 Å². The van der Waals surface area contributed by atoms with E-state index in [4.69, 9.17) is 5.14 Å². The van der Waals surface area contributed by atoms with Gasteiger partial charge in [-0.1, -0.05) is 31.0 Å². The van der Waals surface area contributed by atoms with Crippen molar-refractivity contribution >= 4 is 15.8 Å². The van der Waals surface area contributed by atoms with Crippen LogP contribution in [0.25, 0.3) is 0 Å². The fourth-order valence-electron chi connectivity index (χ4n) is 4.92. The van der Waals surface area contributed by atoms with Crippen molar-refractivity contribution < 1.29 is 8.42 Å². The van der Waals surface area contributed by atoms with E-state index >= 15 is 0 Å². The molecule has 0 amide bonds. The van der Waals surface area contributed by atoms with Crippen LogP contribution in [0.3, 0.4) is 0 Å². The molecule has 3 N–H and O–H groups in total. The lowest BCUT2D eigenvalue weighted by Gasteiger charge is -2.11. The van der Waals surface area contributed by atoms with Gasteiger partial charge in [-0.05, 0) is 66.3 Å². The van der Waals surface area contributed by atoms with Crippen LogP contribution in [0.2, 0.25) is 0 Å². The van der Waals surface area contributed by atoms with Gasteiger partial charge in [-0.2, -0.15) is 0 Å². The summed E-state index contributed by atoms with van der Waals surface area (Å²) in [5.41, 5.74) is 2.74. The highest BCUT2D eigenvalue weighted by Gasteiger charge is 2.64. The van der Waals surface area contributed by atoms with Crippen LogP contribution in [0.15, 0.2) is 47.5 Å². The molecule has 5 nitrogen and oxygen atoms in total. The number of aryl methyl sites for hydroxylation is 1. The van der Waals surface area contributed by atoms with Crippen molar-refractivity contribution in [1.29, 1.82) is 0 Å². The third-order valence-corrected chi connectivity index (χ3v) is 7.18. The molecule has 2 aromatic rings. The maximum absolute atomic E-state index is 11.5. The Morgan fingerprint density at radius 2 is 1.88 bits per heavy atom. The van der Waals surface area contributed by atoms with Crippen molar-refractivity contribution in [1.82, 2.24) is 4.98 Å². The molecule has 2 aliphatic rings. The number of pyridine rings is 1. The molecular formula is C20H25N3O2S. The number of benzene rings is 1. The van der Waals surface area contributed by atoms with E-state index in [0.29, 0.717) is 17.3 Å². The van der Waals surface area contributed by atoms with Crippen LogP contribution in [0.1, 0.15) is 42.7 Å². The standard InChI is InChI=1S/C20H25N3O2S/c1-14-5-4-12-22-19(14)23-13-17-18(20(17)10-2-3-11-20)15-6-8-16(9-7-15)26(21,24)25/h4-9,12,17-18H,2-3,10-11,13H2,1H3,(H,22,23)(H2,21,24,25). The van der Waals surface area contributed by atoms with E-state index < -0.39 is 10.0 Å². The third kappa shape index (κ3) is 3.01. The second-order valence-corrected chi connectivity index (χ2v) is 9.25. The molecule has 26 heavy (non-hydrogen) atoms. The maximum Gasteiger partial charge on any atom is 0.238 e. The lowest BCUT2D eigenvalue weighted by molar-refractivity contribution is 0.470. The third-order valence-electron chi connectivity index (χ3n) is 6.25. The summed E-state index contributed by atoms with van der Waals surface area (Å²) in [6.45, 7) is 2.97.